The lowest BCUT2D eigenvalue weighted by atomic mass is 9.81. The zero-order chi connectivity index (χ0) is 15.7. The predicted molar refractivity (Wildman–Crippen MR) is 91.2 cm³/mol. The Bertz CT molecular complexity index is 291. The van der Waals surface area contributed by atoms with Gasteiger partial charge in [-0.15, -0.1) is 0 Å². The first kappa shape index (κ1) is 20.5. The van der Waals surface area contributed by atoms with Crippen molar-refractivity contribution >= 4 is 0 Å². The van der Waals surface area contributed by atoms with Gasteiger partial charge >= 0.3 is 0 Å². The number of benzene rings is 1. The van der Waals surface area contributed by atoms with Crippen molar-refractivity contribution in [3.8, 4) is 0 Å². The molecule has 0 radical (unpaired) electrons. The second-order valence-corrected chi connectivity index (χ2v) is 6.79. The van der Waals surface area contributed by atoms with Crippen LogP contribution in [0.15, 0.2) is 24.3 Å². The van der Waals surface area contributed by atoms with E-state index in [-0.39, 0.29) is 10.8 Å². The molecule has 0 fully saturated rings. The molecule has 0 saturated carbocycles. The van der Waals surface area contributed by atoms with Gasteiger partial charge < -0.3 is 0 Å². The van der Waals surface area contributed by atoms with Crippen LogP contribution in [0.1, 0.15) is 86.8 Å². The third-order valence-corrected chi connectivity index (χ3v) is 2.59. The van der Waals surface area contributed by atoms with Gasteiger partial charge in [0.2, 0.25) is 0 Å². The Hall–Kier alpha value is -0.780. The van der Waals surface area contributed by atoms with Crippen LogP contribution in [0.3, 0.4) is 0 Å². The Morgan fingerprint density at radius 1 is 0.737 bits per heavy atom. The average Bonchev–Trinajstić information content (AvgIpc) is 2.31. The van der Waals surface area contributed by atoms with Crippen molar-refractivity contribution in [3.63, 3.8) is 0 Å². The molecule has 0 aliphatic carbocycles. The molecule has 0 heteroatoms. The minimum Gasteiger partial charge on any atom is -0.0683 e. The van der Waals surface area contributed by atoms with Gasteiger partial charge in [0.05, 0.1) is 0 Å². The maximum atomic E-state index is 2.33. The van der Waals surface area contributed by atoms with Gasteiger partial charge in [-0.2, -0.15) is 0 Å². The first-order valence-electron chi connectivity index (χ1n) is 7.74. The van der Waals surface area contributed by atoms with Crippen molar-refractivity contribution in [3.05, 3.63) is 35.4 Å². The fraction of sp³-hybridized carbons (Fsp3) is 0.684. The highest BCUT2D eigenvalue weighted by molar-refractivity contribution is 5.32. The molecule has 1 aromatic carbocycles. The summed E-state index contributed by atoms with van der Waals surface area (Å²) in [6, 6.07) is 8.94. The number of hydrogen-bond donors (Lipinski definition) is 0. The Labute approximate surface area is 122 Å². The molecule has 0 bridgehead atoms. The molecule has 0 aliphatic rings. The molecule has 1 rings (SSSR count). The van der Waals surface area contributed by atoms with Crippen LogP contribution in [0.4, 0.5) is 0 Å². The van der Waals surface area contributed by atoms with Crippen LogP contribution >= 0.6 is 0 Å². The molecule has 19 heavy (non-hydrogen) atoms. The van der Waals surface area contributed by atoms with Crippen molar-refractivity contribution in [1.29, 1.82) is 0 Å². The molecule has 0 aliphatic heterocycles. The Balaban J connectivity index is 0. The first-order chi connectivity index (χ1) is 8.62. The van der Waals surface area contributed by atoms with Crippen LogP contribution in [0.5, 0.6) is 0 Å². The van der Waals surface area contributed by atoms with Crippen LogP contribution < -0.4 is 0 Å². The van der Waals surface area contributed by atoms with Crippen molar-refractivity contribution < 1.29 is 0 Å². The molecule has 0 heterocycles. The molecule has 0 nitrogen and oxygen atoms in total. The predicted octanol–water partition coefficient (Wildman–Crippen LogP) is 6.72. The van der Waals surface area contributed by atoms with Gasteiger partial charge in [-0.05, 0) is 22.0 Å². The standard InChI is InChI=1S/C14H22.C3H8.C2H6/c1-13(2,3)11-8-7-9-12(10-11)14(4,5)6;1-3-2;1-2/h7-10H,1-6H3;3H2,1-2H3;1-2H3. The summed E-state index contributed by atoms with van der Waals surface area (Å²) in [5.41, 5.74) is 3.34. The quantitative estimate of drug-likeness (QED) is 0.487. The lowest BCUT2D eigenvalue weighted by Gasteiger charge is -2.24. The largest absolute Gasteiger partial charge is 0.0683 e. The molecular formula is C19H36. The molecule has 0 N–H and O–H groups in total. The van der Waals surface area contributed by atoms with Gasteiger partial charge in [0.15, 0.2) is 0 Å². The molecule has 0 aromatic heterocycles. The van der Waals surface area contributed by atoms with E-state index in [1.165, 1.54) is 17.5 Å². The van der Waals surface area contributed by atoms with Crippen LogP contribution in [0.25, 0.3) is 0 Å². The molecule has 0 atom stereocenters. The zero-order valence-corrected chi connectivity index (χ0v) is 15.0. The van der Waals surface area contributed by atoms with Crippen LogP contribution in [-0.4, -0.2) is 0 Å². The van der Waals surface area contributed by atoms with Gasteiger partial charge in [0.25, 0.3) is 0 Å². The van der Waals surface area contributed by atoms with Crippen LogP contribution in [0.2, 0.25) is 0 Å². The number of hydrogen-bond acceptors (Lipinski definition) is 0. The van der Waals surface area contributed by atoms with Crippen molar-refractivity contribution in [2.75, 3.05) is 0 Å². The van der Waals surface area contributed by atoms with E-state index >= 15 is 0 Å². The zero-order valence-electron chi connectivity index (χ0n) is 15.0. The lowest BCUT2D eigenvalue weighted by Crippen LogP contribution is -2.15. The van der Waals surface area contributed by atoms with E-state index in [0.29, 0.717) is 0 Å². The molecule has 1 aromatic rings. The van der Waals surface area contributed by atoms with E-state index in [4.69, 9.17) is 0 Å². The highest BCUT2D eigenvalue weighted by atomic mass is 14.2. The second-order valence-electron chi connectivity index (χ2n) is 6.79. The highest BCUT2D eigenvalue weighted by Crippen LogP contribution is 2.28. The summed E-state index contributed by atoms with van der Waals surface area (Å²) in [5, 5.41) is 0. The minimum absolute atomic E-state index is 0.251. The van der Waals surface area contributed by atoms with Gasteiger partial charge in [0.1, 0.15) is 0 Å². The Morgan fingerprint density at radius 2 is 1.00 bits per heavy atom. The maximum absolute atomic E-state index is 2.33. The fourth-order valence-corrected chi connectivity index (χ4v) is 1.45. The fourth-order valence-electron chi connectivity index (χ4n) is 1.45. The molecule has 0 unspecified atom stereocenters. The third kappa shape index (κ3) is 8.86. The normalized spacial score (nSPS) is 10.8. The monoisotopic (exact) mass is 264 g/mol. The topological polar surface area (TPSA) is 0 Å². The molecule has 0 amide bonds. The van der Waals surface area contributed by atoms with E-state index in [0.717, 1.165) is 0 Å². The van der Waals surface area contributed by atoms with Crippen LogP contribution in [-0.2, 0) is 10.8 Å². The summed E-state index contributed by atoms with van der Waals surface area (Å²) in [6.45, 7) is 21.8. The summed E-state index contributed by atoms with van der Waals surface area (Å²) in [6.07, 6.45) is 1.25. The minimum atomic E-state index is 0.251. The maximum Gasteiger partial charge on any atom is -0.0132 e. The SMILES string of the molecule is CC.CC(C)(C)c1cccc(C(C)(C)C)c1.CCC. The van der Waals surface area contributed by atoms with Gasteiger partial charge in [-0.3, -0.25) is 0 Å². The molecule has 0 spiro atoms. The summed E-state index contributed by atoms with van der Waals surface area (Å²) >= 11 is 0. The Kier molecular flexibility index (Phi) is 9.92. The lowest BCUT2D eigenvalue weighted by molar-refractivity contribution is 0.568. The van der Waals surface area contributed by atoms with Gasteiger partial charge in [-0.25, -0.2) is 0 Å². The molecule has 0 saturated heterocycles. The smallest absolute Gasteiger partial charge is 0.0132 e. The van der Waals surface area contributed by atoms with E-state index in [2.05, 4.69) is 79.7 Å². The van der Waals surface area contributed by atoms with E-state index in [1.54, 1.807) is 0 Å². The summed E-state index contributed by atoms with van der Waals surface area (Å²) in [5.74, 6) is 0. The van der Waals surface area contributed by atoms with Crippen molar-refractivity contribution in [2.24, 2.45) is 0 Å². The summed E-state index contributed by atoms with van der Waals surface area (Å²) < 4.78 is 0. The van der Waals surface area contributed by atoms with Crippen molar-refractivity contribution in [2.45, 2.75) is 86.5 Å². The van der Waals surface area contributed by atoms with E-state index in [9.17, 15) is 0 Å². The van der Waals surface area contributed by atoms with E-state index in [1.807, 2.05) is 13.8 Å². The molecular weight excluding hydrogens is 228 g/mol. The van der Waals surface area contributed by atoms with Crippen LogP contribution in [0, 0.1) is 0 Å². The molecule has 112 valence electrons. The van der Waals surface area contributed by atoms with Gasteiger partial charge in [0, 0.05) is 0 Å². The van der Waals surface area contributed by atoms with Crippen molar-refractivity contribution in [1.82, 2.24) is 0 Å². The summed E-state index contributed by atoms with van der Waals surface area (Å²) in [4.78, 5) is 0. The average molecular weight is 264 g/mol. The highest BCUT2D eigenvalue weighted by Gasteiger charge is 2.18. The summed E-state index contributed by atoms with van der Waals surface area (Å²) in [7, 11) is 0. The van der Waals surface area contributed by atoms with Gasteiger partial charge in [-0.1, -0.05) is 99.9 Å². The first-order valence-corrected chi connectivity index (χ1v) is 7.74. The second kappa shape index (κ2) is 9.18. The Morgan fingerprint density at radius 3 is 1.21 bits per heavy atom. The third-order valence-electron chi connectivity index (χ3n) is 2.59. The van der Waals surface area contributed by atoms with E-state index < -0.39 is 0 Å². The number of rotatable bonds is 0.